The van der Waals surface area contributed by atoms with Gasteiger partial charge in [-0.05, 0) is 13.0 Å². The van der Waals surface area contributed by atoms with Gasteiger partial charge in [0, 0.05) is 6.08 Å². The van der Waals surface area contributed by atoms with E-state index in [0.717, 1.165) is 0 Å². The van der Waals surface area contributed by atoms with Gasteiger partial charge in [0.25, 0.3) is 0 Å². The summed E-state index contributed by atoms with van der Waals surface area (Å²) in [5, 5.41) is 17.3. The molecule has 0 amide bonds. The van der Waals surface area contributed by atoms with E-state index in [4.69, 9.17) is 10.2 Å². The van der Waals surface area contributed by atoms with Gasteiger partial charge in [0.15, 0.2) is 0 Å². The Labute approximate surface area is 54.4 Å². The first-order valence-corrected chi connectivity index (χ1v) is 2.55. The second-order valence-electron chi connectivity index (χ2n) is 1.61. The minimum atomic E-state index is 0.00463. The van der Waals surface area contributed by atoms with Crippen molar-refractivity contribution in [2.45, 2.75) is 6.92 Å². The number of aliphatic hydroxyl groups excluding tert-OH is 2. The van der Waals surface area contributed by atoms with E-state index in [1.54, 1.807) is 0 Å². The fraction of sp³-hybridized carbons (Fsp3) is 0.143. The summed E-state index contributed by atoms with van der Waals surface area (Å²) in [4.78, 5) is 0. The molecule has 0 heterocycles. The van der Waals surface area contributed by atoms with Gasteiger partial charge in [0.2, 0.25) is 0 Å². The second-order valence-corrected chi connectivity index (χ2v) is 1.61. The van der Waals surface area contributed by atoms with Crippen molar-refractivity contribution in [3.05, 3.63) is 36.3 Å². The lowest BCUT2D eigenvalue weighted by atomic mass is 10.4. The zero-order valence-corrected chi connectivity index (χ0v) is 5.33. The highest BCUT2D eigenvalue weighted by atomic mass is 16.3. The number of rotatable bonds is 2. The molecule has 2 N–H and O–H groups in total. The Morgan fingerprint density at radius 3 is 2.33 bits per heavy atom. The zero-order chi connectivity index (χ0) is 7.28. The standard InChI is InChI=1S/C7H10O2/c1-3-4-7(9)5-6(2)8/h3-5,8-9H,1H2,2H3/b6-5+,7-4+. The summed E-state index contributed by atoms with van der Waals surface area (Å²) in [5.74, 6) is 0.0793. The van der Waals surface area contributed by atoms with E-state index < -0.39 is 0 Å². The first kappa shape index (κ1) is 7.82. The second kappa shape index (κ2) is 3.78. The molecule has 0 aliphatic rings. The molecule has 0 radical (unpaired) electrons. The van der Waals surface area contributed by atoms with Crippen LogP contribution in [0.25, 0.3) is 0 Å². The van der Waals surface area contributed by atoms with Crippen LogP contribution in [-0.4, -0.2) is 10.2 Å². The molecule has 0 spiro atoms. The van der Waals surface area contributed by atoms with Crippen LogP contribution in [0.1, 0.15) is 6.92 Å². The van der Waals surface area contributed by atoms with E-state index in [0.29, 0.717) is 0 Å². The van der Waals surface area contributed by atoms with E-state index in [1.165, 1.54) is 25.2 Å². The highest BCUT2D eigenvalue weighted by Gasteiger charge is 1.83. The van der Waals surface area contributed by atoms with E-state index in [9.17, 15) is 0 Å². The first-order valence-electron chi connectivity index (χ1n) is 2.55. The SMILES string of the molecule is C=C/C=C(O)\C=C(/C)O. The van der Waals surface area contributed by atoms with Crippen molar-refractivity contribution >= 4 is 0 Å². The van der Waals surface area contributed by atoms with Crippen molar-refractivity contribution in [1.29, 1.82) is 0 Å². The first-order chi connectivity index (χ1) is 4.16. The van der Waals surface area contributed by atoms with Crippen molar-refractivity contribution in [1.82, 2.24) is 0 Å². The van der Waals surface area contributed by atoms with Crippen LogP contribution in [0.4, 0.5) is 0 Å². The predicted octanol–water partition coefficient (Wildman–Crippen LogP) is 2.08. The normalized spacial score (nSPS) is 13.4. The topological polar surface area (TPSA) is 40.5 Å². The number of aliphatic hydroxyl groups is 2. The van der Waals surface area contributed by atoms with Gasteiger partial charge in [-0.1, -0.05) is 12.7 Å². The van der Waals surface area contributed by atoms with Crippen LogP contribution in [0.15, 0.2) is 36.3 Å². The van der Waals surface area contributed by atoms with Crippen LogP contribution in [0, 0.1) is 0 Å². The maximum absolute atomic E-state index is 8.77. The Kier molecular flexibility index (Phi) is 3.28. The highest BCUT2D eigenvalue weighted by Crippen LogP contribution is 1.94. The Balaban J connectivity index is 4.05. The summed E-state index contributed by atoms with van der Waals surface area (Å²) >= 11 is 0. The van der Waals surface area contributed by atoms with Crippen molar-refractivity contribution in [2.75, 3.05) is 0 Å². The number of hydrogen-bond acceptors (Lipinski definition) is 2. The van der Waals surface area contributed by atoms with E-state index >= 15 is 0 Å². The molecule has 0 atom stereocenters. The predicted molar refractivity (Wildman–Crippen MR) is 37.3 cm³/mol. The van der Waals surface area contributed by atoms with Gasteiger partial charge in [-0.15, -0.1) is 0 Å². The summed E-state index contributed by atoms with van der Waals surface area (Å²) < 4.78 is 0. The summed E-state index contributed by atoms with van der Waals surface area (Å²) in [6.07, 6.45) is 4.07. The smallest absolute Gasteiger partial charge is 0.118 e. The minimum Gasteiger partial charge on any atom is -0.512 e. The average molecular weight is 126 g/mol. The quantitative estimate of drug-likeness (QED) is 0.439. The molecule has 0 aromatic carbocycles. The van der Waals surface area contributed by atoms with Gasteiger partial charge in [0.05, 0.1) is 5.76 Å². The minimum absolute atomic E-state index is 0.00463. The molecule has 0 rings (SSSR count). The molecule has 2 heteroatoms. The van der Waals surface area contributed by atoms with Crippen LogP contribution in [-0.2, 0) is 0 Å². The maximum atomic E-state index is 8.77. The number of allylic oxidation sites excluding steroid dienone is 4. The lowest BCUT2D eigenvalue weighted by molar-refractivity contribution is 0.393. The van der Waals surface area contributed by atoms with Gasteiger partial charge in [-0.3, -0.25) is 0 Å². The molecule has 0 unspecified atom stereocenters. The van der Waals surface area contributed by atoms with Crippen LogP contribution in [0.3, 0.4) is 0 Å². The Hall–Kier alpha value is -1.18. The van der Waals surface area contributed by atoms with Crippen molar-refractivity contribution < 1.29 is 10.2 Å². The molecule has 0 aliphatic carbocycles. The van der Waals surface area contributed by atoms with Gasteiger partial charge < -0.3 is 10.2 Å². The number of hydrogen-bond donors (Lipinski definition) is 2. The van der Waals surface area contributed by atoms with Crippen molar-refractivity contribution in [3.8, 4) is 0 Å². The lowest BCUT2D eigenvalue weighted by Crippen LogP contribution is -1.75. The van der Waals surface area contributed by atoms with Crippen LogP contribution < -0.4 is 0 Å². The van der Waals surface area contributed by atoms with Gasteiger partial charge >= 0.3 is 0 Å². The molecule has 9 heavy (non-hydrogen) atoms. The van der Waals surface area contributed by atoms with Gasteiger partial charge in [-0.25, -0.2) is 0 Å². The van der Waals surface area contributed by atoms with Gasteiger partial charge in [0.1, 0.15) is 5.76 Å². The zero-order valence-electron chi connectivity index (χ0n) is 5.33. The highest BCUT2D eigenvalue weighted by molar-refractivity contribution is 5.16. The molecule has 0 bridgehead atoms. The molecule has 0 aromatic heterocycles. The fourth-order valence-corrected chi connectivity index (χ4v) is 0.383. The molecule has 50 valence electrons. The molecule has 2 nitrogen and oxygen atoms in total. The van der Waals surface area contributed by atoms with Crippen molar-refractivity contribution in [3.63, 3.8) is 0 Å². The molecular formula is C7H10O2. The molecular weight excluding hydrogens is 116 g/mol. The van der Waals surface area contributed by atoms with E-state index in [-0.39, 0.29) is 11.5 Å². The summed E-state index contributed by atoms with van der Waals surface area (Å²) in [5.41, 5.74) is 0. The Bertz CT molecular complexity index is 150. The van der Waals surface area contributed by atoms with Crippen LogP contribution >= 0.6 is 0 Å². The van der Waals surface area contributed by atoms with E-state index in [1.807, 2.05) is 0 Å². The molecule has 0 saturated heterocycles. The van der Waals surface area contributed by atoms with E-state index in [2.05, 4.69) is 6.58 Å². The summed E-state index contributed by atoms with van der Waals surface area (Å²) in [6.45, 7) is 4.84. The third-order valence-electron chi connectivity index (χ3n) is 0.645. The third kappa shape index (κ3) is 4.68. The molecule has 0 fully saturated rings. The van der Waals surface area contributed by atoms with Crippen molar-refractivity contribution in [2.24, 2.45) is 0 Å². The lowest BCUT2D eigenvalue weighted by Gasteiger charge is -1.87. The molecule has 0 aliphatic heterocycles. The Morgan fingerprint density at radius 2 is 2.00 bits per heavy atom. The maximum Gasteiger partial charge on any atom is 0.118 e. The summed E-state index contributed by atoms with van der Waals surface area (Å²) in [7, 11) is 0. The third-order valence-corrected chi connectivity index (χ3v) is 0.645. The monoisotopic (exact) mass is 126 g/mol. The average Bonchev–Trinajstić information content (AvgIpc) is 1.63. The van der Waals surface area contributed by atoms with Crippen LogP contribution in [0.2, 0.25) is 0 Å². The fourth-order valence-electron chi connectivity index (χ4n) is 0.383. The largest absolute Gasteiger partial charge is 0.512 e. The Morgan fingerprint density at radius 1 is 1.44 bits per heavy atom. The van der Waals surface area contributed by atoms with Crippen LogP contribution in [0.5, 0.6) is 0 Å². The summed E-state index contributed by atoms with van der Waals surface area (Å²) in [6, 6.07) is 0. The molecule has 0 saturated carbocycles. The molecule has 0 aromatic rings. The van der Waals surface area contributed by atoms with Gasteiger partial charge in [-0.2, -0.15) is 0 Å².